The lowest BCUT2D eigenvalue weighted by Gasteiger charge is -2.31. The molecule has 1 fully saturated rings. The zero-order chi connectivity index (χ0) is 27.8. The molecule has 2 aromatic heterocycles. The number of benzene rings is 2. The number of piperidine rings is 1. The number of halogens is 1. The normalized spacial score (nSPS) is 18.1. The number of aryl methyl sites for hydroxylation is 1. The van der Waals surface area contributed by atoms with Crippen LogP contribution in [0.5, 0.6) is 0 Å². The van der Waals surface area contributed by atoms with E-state index in [2.05, 4.69) is 61.8 Å². The summed E-state index contributed by atoms with van der Waals surface area (Å²) in [7, 11) is 1.71. The Bertz CT molecular complexity index is 1640. The van der Waals surface area contributed by atoms with Gasteiger partial charge in [0.15, 0.2) is 12.1 Å². The van der Waals surface area contributed by atoms with Gasteiger partial charge in [-0.15, -0.1) is 0 Å². The molecule has 0 amide bonds. The van der Waals surface area contributed by atoms with Gasteiger partial charge in [-0.05, 0) is 75.1 Å². The van der Waals surface area contributed by atoms with Crippen molar-refractivity contribution in [2.45, 2.75) is 38.8 Å². The van der Waals surface area contributed by atoms with E-state index in [1.54, 1.807) is 25.4 Å². The molecule has 40 heavy (non-hydrogen) atoms. The van der Waals surface area contributed by atoms with Crippen molar-refractivity contribution in [2.24, 2.45) is 12.0 Å². The third-order valence-corrected chi connectivity index (χ3v) is 8.10. The van der Waals surface area contributed by atoms with Crippen LogP contribution in [-0.2, 0) is 11.9 Å². The number of hydrogen-bond donors (Lipinski definition) is 2. The molecule has 0 aliphatic carbocycles. The van der Waals surface area contributed by atoms with Gasteiger partial charge in [0, 0.05) is 46.0 Å². The van der Waals surface area contributed by atoms with Crippen LogP contribution in [0.3, 0.4) is 0 Å². The summed E-state index contributed by atoms with van der Waals surface area (Å²) in [6, 6.07) is 15.8. The van der Waals surface area contributed by atoms with Gasteiger partial charge in [-0.1, -0.05) is 42.8 Å². The Morgan fingerprint density at radius 3 is 2.55 bits per heavy atom. The highest BCUT2D eigenvalue weighted by molar-refractivity contribution is 6.33. The highest BCUT2D eigenvalue weighted by atomic mass is 35.5. The minimum atomic E-state index is -0.270. The highest BCUT2D eigenvalue weighted by Gasteiger charge is 2.20. The summed E-state index contributed by atoms with van der Waals surface area (Å²) >= 11 is 6.63. The van der Waals surface area contributed by atoms with Crippen molar-refractivity contribution in [1.82, 2.24) is 24.9 Å². The number of amidine groups is 1. The fraction of sp³-hybridized carbons (Fsp3) is 0.333. The fourth-order valence-electron chi connectivity index (χ4n) is 5.44. The third kappa shape index (κ3) is 5.20. The molecule has 0 saturated carbocycles. The maximum Gasteiger partial charge on any atom is 0.259 e. The number of nitrogens with one attached hydrogen (secondary N) is 2. The van der Waals surface area contributed by atoms with Crippen molar-refractivity contribution in [3.8, 4) is 11.1 Å². The van der Waals surface area contributed by atoms with Crippen LogP contribution in [0, 0.1) is 0 Å². The number of rotatable bonds is 6. The predicted octanol–water partition coefficient (Wildman–Crippen LogP) is 5.22. The standard InChI is InChI=1S/C30H32ClN7O2/c1-4-38-13-11-20(12-14-38)19-5-8-23(9-6-19)34-30-32-17-22-15-25(29(39)37(3)28(22)35-30)24-10-7-21(16-26(24)31)27-33-18(2)40-36-27/h5-10,15-18,20H,4,11-14H2,1-3H3,(H,33,36)(H,32,34,35). The number of aromatic nitrogens is 3. The van der Waals surface area contributed by atoms with E-state index < -0.39 is 0 Å². The minimum absolute atomic E-state index is 0.196. The number of hydroxylamine groups is 1. The van der Waals surface area contributed by atoms with Crippen molar-refractivity contribution < 1.29 is 4.84 Å². The second-order valence-corrected chi connectivity index (χ2v) is 10.7. The number of fused-ring (bicyclic) bond motifs is 1. The summed E-state index contributed by atoms with van der Waals surface area (Å²) in [6.45, 7) is 7.51. The maximum absolute atomic E-state index is 13.4. The number of hydrogen-bond acceptors (Lipinski definition) is 8. The first-order valence-electron chi connectivity index (χ1n) is 13.7. The van der Waals surface area contributed by atoms with Crippen molar-refractivity contribution in [2.75, 3.05) is 25.0 Å². The topological polar surface area (TPSA) is 96.7 Å². The molecule has 2 aromatic carbocycles. The molecule has 6 rings (SSSR count). The van der Waals surface area contributed by atoms with Crippen molar-refractivity contribution in [3.05, 3.63) is 81.2 Å². The van der Waals surface area contributed by atoms with Crippen molar-refractivity contribution in [3.63, 3.8) is 0 Å². The minimum Gasteiger partial charge on any atom is -0.324 e. The lowest BCUT2D eigenvalue weighted by Crippen LogP contribution is -2.32. The molecular formula is C30H32ClN7O2. The van der Waals surface area contributed by atoms with Gasteiger partial charge in [0.25, 0.3) is 5.56 Å². The summed E-state index contributed by atoms with van der Waals surface area (Å²) in [6.07, 6.45) is 3.84. The summed E-state index contributed by atoms with van der Waals surface area (Å²) in [5, 5.41) is 4.46. The first-order valence-corrected chi connectivity index (χ1v) is 14.0. The molecule has 4 aromatic rings. The molecule has 0 bridgehead atoms. The molecule has 10 heteroatoms. The molecule has 2 N–H and O–H groups in total. The molecule has 1 unspecified atom stereocenters. The number of pyridine rings is 1. The first kappa shape index (κ1) is 26.4. The fourth-order valence-corrected chi connectivity index (χ4v) is 5.72. The van der Waals surface area contributed by atoms with E-state index in [-0.39, 0.29) is 11.8 Å². The number of nitrogens with zero attached hydrogens (tertiary/aromatic N) is 5. The number of anilines is 2. The Kier molecular flexibility index (Phi) is 7.27. The smallest absolute Gasteiger partial charge is 0.259 e. The van der Waals surface area contributed by atoms with Crippen LogP contribution in [-0.4, -0.2) is 51.1 Å². The van der Waals surface area contributed by atoms with Gasteiger partial charge >= 0.3 is 0 Å². The average molecular weight is 558 g/mol. The molecule has 1 atom stereocenters. The molecule has 206 valence electrons. The average Bonchev–Trinajstić information content (AvgIpc) is 3.42. The zero-order valence-electron chi connectivity index (χ0n) is 22.8. The van der Waals surface area contributed by atoms with Gasteiger partial charge in [0.05, 0.1) is 0 Å². The van der Waals surface area contributed by atoms with Crippen LogP contribution in [0.25, 0.3) is 22.2 Å². The van der Waals surface area contributed by atoms with Crippen LogP contribution in [0.1, 0.15) is 43.7 Å². The summed E-state index contributed by atoms with van der Waals surface area (Å²) < 4.78 is 1.53. The molecular weight excluding hydrogens is 526 g/mol. The lowest BCUT2D eigenvalue weighted by molar-refractivity contribution is 0.0504. The second kappa shape index (κ2) is 11.0. The van der Waals surface area contributed by atoms with Crippen LogP contribution in [0.15, 0.2) is 64.5 Å². The van der Waals surface area contributed by atoms with Gasteiger partial charge < -0.3 is 10.2 Å². The van der Waals surface area contributed by atoms with E-state index in [0.29, 0.717) is 39.5 Å². The van der Waals surface area contributed by atoms with Crippen molar-refractivity contribution in [1.29, 1.82) is 0 Å². The van der Waals surface area contributed by atoms with E-state index >= 15 is 0 Å². The lowest BCUT2D eigenvalue weighted by atomic mass is 9.89. The SMILES string of the molecule is CCN1CCC(c2ccc(Nc3ncc4cc(-c5ccc(C6=NC(C)ON6)cc5Cl)c(=O)n(C)c4n3)cc2)CC1. The van der Waals surface area contributed by atoms with E-state index in [1.807, 2.05) is 19.1 Å². The number of aliphatic imine (C=N–C) groups is 1. The molecule has 9 nitrogen and oxygen atoms in total. The quantitative estimate of drug-likeness (QED) is 0.335. The summed E-state index contributed by atoms with van der Waals surface area (Å²) in [5.74, 6) is 1.64. The monoisotopic (exact) mass is 557 g/mol. The summed E-state index contributed by atoms with van der Waals surface area (Å²) in [4.78, 5) is 34.7. The van der Waals surface area contributed by atoms with Crippen molar-refractivity contribution >= 4 is 40.1 Å². The van der Waals surface area contributed by atoms with Gasteiger partial charge in [-0.25, -0.2) is 20.3 Å². The largest absolute Gasteiger partial charge is 0.324 e. The Morgan fingerprint density at radius 1 is 1.10 bits per heavy atom. The van der Waals surface area contributed by atoms with Gasteiger partial charge in [0.2, 0.25) is 5.95 Å². The predicted molar refractivity (Wildman–Crippen MR) is 159 cm³/mol. The zero-order valence-corrected chi connectivity index (χ0v) is 23.6. The molecule has 2 aliphatic heterocycles. The molecule has 0 spiro atoms. The Morgan fingerprint density at radius 2 is 1.88 bits per heavy atom. The maximum atomic E-state index is 13.4. The Labute approximate surface area is 237 Å². The van der Waals surface area contributed by atoms with Crippen LogP contribution < -0.4 is 16.4 Å². The summed E-state index contributed by atoms with van der Waals surface area (Å²) in [5.41, 5.74) is 7.30. The number of likely N-dealkylation sites (tertiary alicyclic amines) is 1. The van der Waals surface area contributed by atoms with Gasteiger partial charge in [0.1, 0.15) is 5.65 Å². The third-order valence-electron chi connectivity index (χ3n) is 7.79. The van der Waals surface area contributed by atoms with Crippen LogP contribution in [0.2, 0.25) is 5.02 Å². The molecule has 0 radical (unpaired) electrons. The Balaban J connectivity index is 1.23. The van der Waals surface area contributed by atoms with Gasteiger partial charge in [-0.2, -0.15) is 4.98 Å². The van der Waals surface area contributed by atoms with Crippen LogP contribution >= 0.6 is 11.6 Å². The van der Waals surface area contributed by atoms with Crippen LogP contribution in [0.4, 0.5) is 11.6 Å². The van der Waals surface area contributed by atoms with E-state index in [0.717, 1.165) is 36.3 Å². The molecule has 2 aliphatic rings. The van der Waals surface area contributed by atoms with Gasteiger partial charge in [-0.3, -0.25) is 9.36 Å². The van der Waals surface area contributed by atoms with E-state index in [4.69, 9.17) is 16.4 Å². The highest BCUT2D eigenvalue weighted by Crippen LogP contribution is 2.31. The molecule has 1 saturated heterocycles. The first-order chi connectivity index (χ1) is 19.4. The Hall–Kier alpha value is -3.79. The second-order valence-electron chi connectivity index (χ2n) is 10.3. The van der Waals surface area contributed by atoms with E-state index in [1.165, 1.54) is 23.0 Å². The van der Waals surface area contributed by atoms with E-state index in [9.17, 15) is 4.79 Å². The molecule has 4 heterocycles.